The molecule has 0 aliphatic heterocycles. The van der Waals surface area contributed by atoms with Crippen molar-refractivity contribution in [1.82, 2.24) is 0 Å². The Bertz CT molecular complexity index is 112. The zero-order valence-corrected chi connectivity index (χ0v) is 4.47. The summed E-state index contributed by atoms with van der Waals surface area (Å²) in [5.41, 5.74) is 0. The predicted octanol–water partition coefficient (Wildman–Crippen LogP) is 0.206. The van der Waals surface area contributed by atoms with E-state index in [2.05, 4.69) is 17.1 Å². The molecule has 42 valence electrons. The van der Waals surface area contributed by atoms with Crippen LogP contribution in [0.2, 0.25) is 0 Å². The van der Waals surface area contributed by atoms with E-state index in [4.69, 9.17) is 4.89 Å². The molecular weight excluding hydrogens is 117 g/mol. The summed E-state index contributed by atoms with van der Waals surface area (Å²) in [5, 5.41) is 0. The molecule has 0 radical (unpaired) electrons. The van der Waals surface area contributed by atoms with Crippen LogP contribution in [0.15, 0.2) is 12.4 Å². The highest BCUT2D eigenvalue weighted by molar-refractivity contribution is 7.56. The third-order valence-corrected chi connectivity index (χ3v) is 1.15. The van der Waals surface area contributed by atoms with Gasteiger partial charge in [-0.2, -0.15) is 0 Å². The second-order valence-corrected chi connectivity index (χ2v) is 2.56. The summed E-state index contributed by atoms with van der Waals surface area (Å²) in [7, 11) is -3.61. The molecule has 0 aliphatic rings. The summed E-state index contributed by atoms with van der Waals surface area (Å²) in [6, 6.07) is 0. The Labute approximate surface area is 41.1 Å². The molecule has 0 heterocycles. The molecule has 7 heavy (non-hydrogen) atoms. The lowest BCUT2D eigenvalue weighted by molar-refractivity contribution is 0.277. The van der Waals surface area contributed by atoms with E-state index in [1.807, 2.05) is 0 Å². The second-order valence-electron chi connectivity index (χ2n) is 0.852. The van der Waals surface area contributed by atoms with E-state index in [-0.39, 0.29) is 0 Å². The molecule has 0 aromatic rings. The van der Waals surface area contributed by atoms with Gasteiger partial charge in [0.2, 0.25) is 0 Å². The standard InChI is InChI=1S/C2H6NO3P/c1-2-7(4,5)6-3/h2H,1,3H2,(H,4,5). The molecule has 0 rings (SSSR count). The molecule has 4 nitrogen and oxygen atoms in total. The maximum Gasteiger partial charge on any atom is 0.367 e. The van der Waals surface area contributed by atoms with E-state index < -0.39 is 7.60 Å². The molecule has 0 fully saturated rings. The summed E-state index contributed by atoms with van der Waals surface area (Å²) in [4.78, 5) is 8.22. The van der Waals surface area contributed by atoms with E-state index in [1.165, 1.54) is 0 Å². The lowest BCUT2D eigenvalue weighted by Gasteiger charge is -1.96. The summed E-state index contributed by atoms with van der Waals surface area (Å²) >= 11 is 0. The Hall–Kier alpha value is -0.150. The maximum atomic E-state index is 10.0. The zero-order valence-electron chi connectivity index (χ0n) is 3.57. The summed E-state index contributed by atoms with van der Waals surface area (Å²) in [6.07, 6.45) is 0. The molecule has 1 atom stereocenters. The molecule has 0 bridgehead atoms. The second kappa shape index (κ2) is 2.23. The fourth-order valence-corrected chi connectivity index (χ4v) is 0.129. The zero-order chi connectivity index (χ0) is 5.91. The van der Waals surface area contributed by atoms with Gasteiger partial charge >= 0.3 is 7.60 Å². The van der Waals surface area contributed by atoms with Crippen LogP contribution < -0.4 is 5.90 Å². The normalized spacial score (nSPS) is 18.0. The highest BCUT2D eigenvalue weighted by Gasteiger charge is 2.08. The van der Waals surface area contributed by atoms with Crippen molar-refractivity contribution in [2.24, 2.45) is 5.90 Å². The van der Waals surface area contributed by atoms with Crippen LogP contribution in [0.5, 0.6) is 0 Å². The average Bonchev–Trinajstić information content (AvgIpc) is 1.68. The Balaban J connectivity index is 3.85. The molecule has 5 heteroatoms. The molecule has 0 aromatic heterocycles. The first kappa shape index (κ1) is 6.85. The monoisotopic (exact) mass is 123 g/mol. The molecule has 0 spiro atoms. The fraction of sp³-hybridized carbons (Fsp3) is 0. The van der Waals surface area contributed by atoms with Gasteiger partial charge in [0.15, 0.2) is 0 Å². The Morgan fingerprint density at radius 3 is 2.43 bits per heavy atom. The van der Waals surface area contributed by atoms with Gasteiger partial charge in [0.05, 0.1) is 0 Å². The minimum atomic E-state index is -3.61. The maximum absolute atomic E-state index is 10.0. The lowest BCUT2D eigenvalue weighted by Crippen LogP contribution is -1.92. The SMILES string of the molecule is C=CP(=O)(O)ON. The summed E-state index contributed by atoms with van der Waals surface area (Å²) in [6.45, 7) is 2.99. The van der Waals surface area contributed by atoms with Crippen molar-refractivity contribution in [3.05, 3.63) is 12.4 Å². The van der Waals surface area contributed by atoms with Crippen molar-refractivity contribution in [3.8, 4) is 0 Å². The number of hydrogen-bond donors (Lipinski definition) is 2. The van der Waals surface area contributed by atoms with E-state index in [9.17, 15) is 4.57 Å². The lowest BCUT2D eigenvalue weighted by atomic mass is 11.3. The van der Waals surface area contributed by atoms with Gasteiger partial charge < -0.3 is 4.89 Å². The molecule has 1 unspecified atom stereocenters. The molecule has 0 saturated carbocycles. The topological polar surface area (TPSA) is 72.5 Å². The van der Waals surface area contributed by atoms with Crippen LogP contribution in [-0.4, -0.2) is 4.89 Å². The fourth-order valence-electron chi connectivity index (χ4n) is 0.0430. The predicted molar refractivity (Wildman–Crippen MR) is 25.3 cm³/mol. The third-order valence-electron chi connectivity index (χ3n) is 0.382. The van der Waals surface area contributed by atoms with Crippen molar-refractivity contribution in [2.45, 2.75) is 0 Å². The van der Waals surface area contributed by atoms with Crippen molar-refractivity contribution < 1.29 is 14.1 Å². The Morgan fingerprint density at radius 1 is 2.00 bits per heavy atom. The van der Waals surface area contributed by atoms with E-state index in [0.29, 0.717) is 0 Å². The molecule has 3 N–H and O–H groups in total. The van der Waals surface area contributed by atoms with Gasteiger partial charge in [0.25, 0.3) is 0 Å². The van der Waals surface area contributed by atoms with Gasteiger partial charge in [0.1, 0.15) is 0 Å². The molecule has 0 aliphatic carbocycles. The highest BCUT2D eigenvalue weighted by atomic mass is 31.2. The minimum Gasteiger partial charge on any atom is -0.320 e. The van der Waals surface area contributed by atoms with Gasteiger partial charge in [0, 0.05) is 5.82 Å². The van der Waals surface area contributed by atoms with Crippen LogP contribution in [0.1, 0.15) is 0 Å². The van der Waals surface area contributed by atoms with Crippen LogP contribution in [0.3, 0.4) is 0 Å². The Morgan fingerprint density at radius 2 is 2.43 bits per heavy atom. The smallest absolute Gasteiger partial charge is 0.320 e. The van der Waals surface area contributed by atoms with Crippen LogP contribution in [0.4, 0.5) is 0 Å². The number of hydrogen-bond acceptors (Lipinski definition) is 3. The quantitative estimate of drug-likeness (QED) is 0.406. The first-order valence-corrected chi connectivity index (χ1v) is 3.11. The van der Waals surface area contributed by atoms with E-state index >= 15 is 0 Å². The molecule has 0 amide bonds. The van der Waals surface area contributed by atoms with Crippen LogP contribution in [0, 0.1) is 0 Å². The third kappa shape index (κ3) is 2.53. The molecular formula is C2H6NO3P. The average molecular weight is 123 g/mol. The Kier molecular flexibility index (Phi) is 2.19. The molecule has 0 saturated heterocycles. The van der Waals surface area contributed by atoms with Crippen LogP contribution >= 0.6 is 7.60 Å². The van der Waals surface area contributed by atoms with Gasteiger partial charge in [-0.25, -0.2) is 10.5 Å². The van der Waals surface area contributed by atoms with Crippen molar-refractivity contribution in [1.29, 1.82) is 0 Å². The highest BCUT2D eigenvalue weighted by Crippen LogP contribution is 2.39. The van der Waals surface area contributed by atoms with Crippen molar-refractivity contribution >= 4 is 7.60 Å². The number of rotatable bonds is 2. The van der Waals surface area contributed by atoms with Crippen LogP contribution in [-0.2, 0) is 9.19 Å². The minimum absolute atomic E-state index is 0.757. The van der Waals surface area contributed by atoms with Gasteiger partial charge in [-0.15, -0.1) is 0 Å². The first-order chi connectivity index (χ1) is 3.12. The van der Waals surface area contributed by atoms with Gasteiger partial charge in [-0.1, -0.05) is 6.58 Å². The number of nitrogens with two attached hydrogens (primary N) is 1. The first-order valence-electron chi connectivity index (χ1n) is 1.47. The van der Waals surface area contributed by atoms with E-state index in [0.717, 1.165) is 5.82 Å². The van der Waals surface area contributed by atoms with Gasteiger partial charge in [-0.3, -0.25) is 4.57 Å². The molecule has 0 aromatic carbocycles. The van der Waals surface area contributed by atoms with Gasteiger partial charge in [-0.05, 0) is 0 Å². The van der Waals surface area contributed by atoms with Crippen LogP contribution in [0.25, 0.3) is 0 Å². The van der Waals surface area contributed by atoms with E-state index in [1.54, 1.807) is 0 Å². The summed E-state index contributed by atoms with van der Waals surface area (Å²) in [5.74, 6) is 5.09. The summed E-state index contributed by atoms with van der Waals surface area (Å²) < 4.78 is 13.6. The largest absolute Gasteiger partial charge is 0.367 e. The van der Waals surface area contributed by atoms with Crippen molar-refractivity contribution in [2.75, 3.05) is 0 Å². The van der Waals surface area contributed by atoms with Crippen molar-refractivity contribution in [3.63, 3.8) is 0 Å².